The zero-order valence-electron chi connectivity index (χ0n) is 11.0. The van der Waals surface area contributed by atoms with Gasteiger partial charge in [0.1, 0.15) is 0 Å². The molecule has 0 saturated carbocycles. The SMILES string of the molecule is CNC(c1cccc(C(F)(F)F)c1)c1cc(Br)ccc1Cl. The fourth-order valence-corrected chi connectivity index (χ4v) is 2.74. The van der Waals surface area contributed by atoms with Gasteiger partial charge in [-0.25, -0.2) is 0 Å². The molecule has 6 heteroatoms. The fraction of sp³-hybridized carbons (Fsp3) is 0.200. The van der Waals surface area contributed by atoms with Gasteiger partial charge in [-0.3, -0.25) is 0 Å². The van der Waals surface area contributed by atoms with Crippen LogP contribution in [-0.4, -0.2) is 7.05 Å². The fourth-order valence-electron chi connectivity index (χ4n) is 2.13. The van der Waals surface area contributed by atoms with Crippen molar-refractivity contribution in [2.24, 2.45) is 0 Å². The lowest BCUT2D eigenvalue weighted by Crippen LogP contribution is -2.19. The lowest BCUT2D eigenvalue weighted by atomic mass is 9.97. The van der Waals surface area contributed by atoms with Gasteiger partial charge in [-0.1, -0.05) is 39.7 Å². The van der Waals surface area contributed by atoms with E-state index in [2.05, 4.69) is 21.2 Å². The topological polar surface area (TPSA) is 12.0 Å². The molecule has 0 aliphatic heterocycles. The summed E-state index contributed by atoms with van der Waals surface area (Å²) in [6.07, 6.45) is -4.37. The Morgan fingerprint density at radius 1 is 1.14 bits per heavy atom. The molecule has 2 aromatic carbocycles. The Hall–Kier alpha value is -1.04. The van der Waals surface area contributed by atoms with Crippen LogP contribution in [0.5, 0.6) is 0 Å². The highest BCUT2D eigenvalue weighted by Gasteiger charge is 2.31. The van der Waals surface area contributed by atoms with Crippen LogP contribution < -0.4 is 5.32 Å². The molecule has 0 aromatic heterocycles. The number of hydrogen-bond donors (Lipinski definition) is 1. The van der Waals surface area contributed by atoms with E-state index >= 15 is 0 Å². The molecule has 0 radical (unpaired) electrons. The largest absolute Gasteiger partial charge is 0.416 e. The van der Waals surface area contributed by atoms with Crippen LogP contribution in [0.25, 0.3) is 0 Å². The zero-order valence-corrected chi connectivity index (χ0v) is 13.4. The summed E-state index contributed by atoms with van der Waals surface area (Å²) in [5.74, 6) is 0. The smallest absolute Gasteiger partial charge is 0.309 e. The number of benzene rings is 2. The highest BCUT2D eigenvalue weighted by atomic mass is 79.9. The van der Waals surface area contributed by atoms with Crippen molar-refractivity contribution >= 4 is 27.5 Å². The Morgan fingerprint density at radius 2 is 1.86 bits per heavy atom. The molecule has 0 aliphatic rings. The van der Waals surface area contributed by atoms with Crippen LogP contribution in [0.2, 0.25) is 5.02 Å². The van der Waals surface area contributed by atoms with Crippen molar-refractivity contribution in [1.29, 1.82) is 0 Å². The van der Waals surface area contributed by atoms with E-state index in [1.165, 1.54) is 6.07 Å². The molecule has 0 fully saturated rings. The molecule has 0 bridgehead atoms. The standard InChI is InChI=1S/C15H12BrClF3N/c1-21-14(12-8-11(16)5-6-13(12)17)9-3-2-4-10(7-9)15(18,19)20/h2-8,14,21H,1H3. The van der Waals surface area contributed by atoms with Crippen molar-refractivity contribution in [3.8, 4) is 0 Å². The normalized spacial score (nSPS) is 13.2. The van der Waals surface area contributed by atoms with Crippen LogP contribution in [0, 0.1) is 0 Å². The van der Waals surface area contributed by atoms with E-state index in [1.54, 1.807) is 31.3 Å². The summed E-state index contributed by atoms with van der Waals surface area (Å²) in [6.45, 7) is 0. The van der Waals surface area contributed by atoms with Crippen LogP contribution in [-0.2, 0) is 6.18 Å². The van der Waals surface area contributed by atoms with Gasteiger partial charge in [-0.15, -0.1) is 0 Å². The number of nitrogens with one attached hydrogen (secondary N) is 1. The maximum Gasteiger partial charge on any atom is 0.416 e. The van der Waals surface area contributed by atoms with Crippen molar-refractivity contribution in [1.82, 2.24) is 5.32 Å². The summed E-state index contributed by atoms with van der Waals surface area (Å²) in [6, 6.07) is 10.1. The first kappa shape index (κ1) is 16.3. The Balaban J connectivity index is 2.49. The van der Waals surface area contributed by atoms with Gasteiger partial charge in [0.05, 0.1) is 11.6 Å². The van der Waals surface area contributed by atoms with E-state index < -0.39 is 17.8 Å². The number of halogens is 5. The highest BCUT2D eigenvalue weighted by Crippen LogP contribution is 2.34. The average molecular weight is 379 g/mol. The second-order valence-corrected chi connectivity index (χ2v) is 5.83. The van der Waals surface area contributed by atoms with Crippen LogP contribution in [0.4, 0.5) is 13.2 Å². The molecule has 1 nitrogen and oxygen atoms in total. The second kappa shape index (κ2) is 6.38. The van der Waals surface area contributed by atoms with Gasteiger partial charge in [-0.2, -0.15) is 13.2 Å². The summed E-state index contributed by atoms with van der Waals surface area (Å²) in [5.41, 5.74) is 0.548. The monoisotopic (exact) mass is 377 g/mol. The van der Waals surface area contributed by atoms with E-state index in [4.69, 9.17) is 11.6 Å². The predicted molar refractivity (Wildman–Crippen MR) is 81.5 cm³/mol. The molecule has 0 spiro atoms. The Kier molecular flexibility index (Phi) is 4.96. The van der Waals surface area contributed by atoms with Gasteiger partial charge in [0.2, 0.25) is 0 Å². The van der Waals surface area contributed by atoms with Crippen molar-refractivity contribution in [3.05, 3.63) is 68.7 Å². The van der Waals surface area contributed by atoms with Gasteiger partial charge < -0.3 is 5.32 Å². The predicted octanol–water partition coefficient (Wildman–Crippen LogP) is 5.43. The summed E-state index contributed by atoms with van der Waals surface area (Å²) < 4.78 is 39.3. The van der Waals surface area contributed by atoms with E-state index in [-0.39, 0.29) is 0 Å². The third-order valence-electron chi connectivity index (χ3n) is 3.11. The minimum atomic E-state index is -4.37. The first-order chi connectivity index (χ1) is 9.82. The molecule has 1 atom stereocenters. The molecule has 21 heavy (non-hydrogen) atoms. The molecule has 2 rings (SSSR count). The van der Waals surface area contributed by atoms with Crippen molar-refractivity contribution < 1.29 is 13.2 Å². The van der Waals surface area contributed by atoms with Crippen molar-refractivity contribution in [2.75, 3.05) is 7.05 Å². The highest BCUT2D eigenvalue weighted by molar-refractivity contribution is 9.10. The summed E-state index contributed by atoms with van der Waals surface area (Å²) in [5, 5.41) is 3.50. The minimum Gasteiger partial charge on any atom is -0.309 e. The maximum absolute atomic E-state index is 12.8. The second-order valence-electron chi connectivity index (χ2n) is 4.51. The molecular formula is C15H12BrClF3N. The van der Waals surface area contributed by atoms with Gasteiger partial charge in [0.15, 0.2) is 0 Å². The van der Waals surface area contributed by atoms with Gasteiger partial charge in [0, 0.05) is 9.50 Å². The van der Waals surface area contributed by atoms with Gasteiger partial charge in [-0.05, 0) is 48.5 Å². The summed E-state index contributed by atoms with van der Waals surface area (Å²) in [4.78, 5) is 0. The van der Waals surface area contributed by atoms with Crippen LogP contribution in [0.15, 0.2) is 46.9 Å². The van der Waals surface area contributed by atoms with Crippen LogP contribution in [0.3, 0.4) is 0 Å². The van der Waals surface area contributed by atoms with Crippen LogP contribution >= 0.6 is 27.5 Å². The van der Waals surface area contributed by atoms with Crippen LogP contribution in [0.1, 0.15) is 22.7 Å². The summed E-state index contributed by atoms with van der Waals surface area (Å²) in [7, 11) is 1.68. The van der Waals surface area contributed by atoms with E-state index in [0.717, 1.165) is 16.6 Å². The molecule has 0 saturated heterocycles. The lowest BCUT2D eigenvalue weighted by Gasteiger charge is -2.20. The van der Waals surface area contributed by atoms with Crippen molar-refractivity contribution in [3.63, 3.8) is 0 Å². The first-order valence-corrected chi connectivity index (χ1v) is 7.29. The molecule has 2 aromatic rings. The molecule has 0 amide bonds. The van der Waals surface area contributed by atoms with E-state index in [1.807, 2.05) is 0 Å². The van der Waals surface area contributed by atoms with Gasteiger partial charge in [0.25, 0.3) is 0 Å². The van der Waals surface area contributed by atoms with E-state index in [9.17, 15) is 13.2 Å². The third kappa shape index (κ3) is 3.78. The average Bonchev–Trinajstić information content (AvgIpc) is 2.43. The number of hydrogen-bond acceptors (Lipinski definition) is 1. The first-order valence-electron chi connectivity index (χ1n) is 6.12. The Morgan fingerprint density at radius 3 is 2.48 bits per heavy atom. The number of alkyl halides is 3. The van der Waals surface area contributed by atoms with Gasteiger partial charge >= 0.3 is 6.18 Å². The quantitative estimate of drug-likeness (QED) is 0.751. The van der Waals surface area contributed by atoms with Crippen molar-refractivity contribution in [2.45, 2.75) is 12.2 Å². The zero-order chi connectivity index (χ0) is 15.6. The summed E-state index contributed by atoms with van der Waals surface area (Å²) >= 11 is 9.51. The number of rotatable bonds is 3. The molecule has 1 unspecified atom stereocenters. The molecule has 1 N–H and O–H groups in total. The maximum atomic E-state index is 12.8. The molecule has 0 aliphatic carbocycles. The minimum absolute atomic E-state index is 0.419. The van der Waals surface area contributed by atoms with E-state index in [0.29, 0.717) is 16.1 Å². The molecular weight excluding hydrogens is 367 g/mol. The lowest BCUT2D eigenvalue weighted by molar-refractivity contribution is -0.137. The Bertz CT molecular complexity index is 643. The third-order valence-corrected chi connectivity index (χ3v) is 3.94. The molecule has 112 valence electrons. The molecule has 0 heterocycles. The Labute approximate surface area is 134 Å².